The lowest BCUT2D eigenvalue weighted by atomic mass is 9.62. The highest BCUT2D eigenvalue weighted by atomic mass is 127. The molecule has 0 N–H and O–H groups in total. The molecule has 4 heteroatoms. The van der Waals surface area contributed by atoms with Crippen LogP contribution in [0.15, 0.2) is 56.7 Å². The Morgan fingerprint density at radius 3 is 2.50 bits per heavy atom. The maximum atomic E-state index is 11.9. The summed E-state index contributed by atoms with van der Waals surface area (Å²) in [5, 5.41) is 0. The molecule has 0 aromatic heterocycles. The molecule has 0 saturated carbocycles. The number of hydrogen-bond donors (Lipinski definition) is 0. The third-order valence-corrected chi connectivity index (χ3v) is 8.15. The molecule has 3 nitrogen and oxygen atoms in total. The lowest BCUT2D eigenvalue weighted by Crippen LogP contribution is -2.35. The molecule has 0 aliphatic heterocycles. The van der Waals surface area contributed by atoms with Crippen molar-refractivity contribution in [1.29, 1.82) is 0 Å². The van der Waals surface area contributed by atoms with E-state index in [1.165, 1.54) is 16.7 Å². The molecule has 0 amide bonds. The summed E-state index contributed by atoms with van der Waals surface area (Å²) in [5.74, 6) is 1.38. The first kappa shape index (κ1) is 26.8. The van der Waals surface area contributed by atoms with Crippen molar-refractivity contribution in [3.63, 3.8) is 0 Å². The third kappa shape index (κ3) is 7.58. The van der Waals surface area contributed by atoms with E-state index >= 15 is 0 Å². The second-order valence-corrected chi connectivity index (χ2v) is 9.99. The van der Waals surface area contributed by atoms with E-state index in [0.717, 1.165) is 61.7 Å². The standard InChI is InChI=1S/C28H39IO3/c1-21(7-6-8-22(2)17-29)15-16-28(4)23(3)9-12-25(18-30)27(28)20-32-19-24-10-13-26(31-5)14-11-24/h7,10-11,13-14,17-18,23H,6,8-9,12,15-16,19-20H2,1-5H3/b21-7+,22-17+/t23-,28+/m1/s1. The first-order valence-electron chi connectivity index (χ1n) is 11.6. The van der Waals surface area contributed by atoms with E-state index in [1.807, 2.05) is 24.3 Å². The molecular weight excluding hydrogens is 511 g/mol. The van der Waals surface area contributed by atoms with Crippen LogP contribution in [-0.4, -0.2) is 20.0 Å². The van der Waals surface area contributed by atoms with E-state index in [2.05, 4.69) is 60.4 Å². The number of halogens is 1. The fourth-order valence-corrected chi connectivity index (χ4v) is 4.75. The van der Waals surface area contributed by atoms with Gasteiger partial charge in [0.2, 0.25) is 0 Å². The number of allylic oxidation sites excluding steroid dienone is 4. The average Bonchev–Trinajstić information content (AvgIpc) is 2.81. The molecule has 2 rings (SSSR count). The first-order valence-corrected chi connectivity index (χ1v) is 12.9. The Balaban J connectivity index is 2.06. The van der Waals surface area contributed by atoms with Crippen LogP contribution in [0.3, 0.4) is 0 Å². The lowest BCUT2D eigenvalue weighted by Gasteiger charge is -2.43. The van der Waals surface area contributed by atoms with Crippen molar-refractivity contribution < 1.29 is 14.3 Å². The van der Waals surface area contributed by atoms with E-state index in [9.17, 15) is 4.79 Å². The van der Waals surface area contributed by atoms with Crippen molar-refractivity contribution in [2.45, 2.75) is 72.8 Å². The molecule has 32 heavy (non-hydrogen) atoms. The van der Waals surface area contributed by atoms with Gasteiger partial charge in [0.05, 0.1) is 20.3 Å². The molecule has 0 saturated heterocycles. The number of carbonyl (C=O) groups excluding carboxylic acids is 1. The van der Waals surface area contributed by atoms with Gasteiger partial charge in [-0.05, 0) is 96.6 Å². The number of aldehydes is 1. The Kier molecular flexibility index (Phi) is 11.2. The highest BCUT2D eigenvalue weighted by Gasteiger charge is 2.39. The largest absolute Gasteiger partial charge is 0.497 e. The van der Waals surface area contributed by atoms with Gasteiger partial charge in [-0.15, -0.1) is 0 Å². The van der Waals surface area contributed by atoms with Crippen molar-refractivity contribution in [2.75, 3.05) is 13.7 Å². The zero-order chi connectivity index (χ0) is 23.6. The Morgan fingerprint density at radius 1 is 1.16 bits per heavy atom. The van der Waals surface area contributed by atoms with E-state index < -0.39 is 0 Å². The molecule has 0 unspecified atom stereocenters. The first-order chi connectivity index (χ1) is 15.3. The molecule has 2 atom stereocenters. The average molecular weight is 551 g/mol. The Bertz CT molecular complexity index is 835. The van der Waals surface area contributed by atoms with Gasteiger partial charge in [-0.3, -0.25) is 4.79 Å². The second kappa shape index (κ2) is 13.3. The van der Waals surface area contributed by atoms with Crippen LogP contribution < -0.4 is 4.74 Å². The van der Waals surface area contributed by atoms with E-state index in [1.54, 1.807) is 7.11 Å². The van der Waals surface area contributed by atoms with Gasteiger partial charge in [-0.25, -0.2) is 0 Å². The minimum atomic E-state index is -0.0124. The van der Waals surface area contributed by atoms with Gasteiger partial charge in [0.1, 0.15) is 12.0 Å². The topological polar surface area (TPSA) is 35.5 Å². The van der Waals surface area contributed by atoms with Crippen molar-refractivity contribution in [3.8, 4) is 5.75 Å². The Hall–Kier alpha value is -1.40. The summed E-state index contributed by atoms with van der Waals surface area (Å²) >= 11 is 2.31. The van der Waals surface area contributed by atoms with Crippen LogP contribution in [-0.2, 0) is 16.1 Å². The van der Waals surface area contributed by atoms with Crippen molar-refractivity contribution in [3.05, 3.63) is 62.3 Å². The maximum Gasteiger partial charge on any atom is 0.146 e. The van der Waals surface area contributed by atoms with Crippen LogP contribution in [0.5, 0.6) is 5.75 Å². The van der Waals surface area contributed by atoms with Crippen LogP contribution in [0.4, 0.5) is 0 Å². The SMILES string of the molecule is COc1ccc(COCC2=C(C=O)CC[C@@H](C)[C@]2(C)CC/C(C)=C/CC/C(C)=C/I)cc1. The van der Waals surface area contributed by atoms with Crippen LogP contribution in [0.25, 0.3) is 0 Å². The predicted octanol–water partition coefficient (Wildman–Crippen LogP) is 7.99. The van der Waals surface area contributed by atoms with E-state index in [-0.39, 0.29) is 5.41 Å². The fraction of sp³-hybridized carbons (Fsp3) is 0.536. The molecular formula is C28H39IO3. The molecule has 176 valence electrons. The second-order valence-electron chi connectivity index (χ2n) is 9.36. The van der Waals surface area contributed by atoms with Gasteiger partial charge in [-0.1, -0.05) is 65.8 Å². The minimum absolute atomic E-state index is 0.0124. The summed E-state index contributed by atoms with van der Waals surface area (Å²) in [5.41, 5.74) is 6.12. The monoisotopic (exact) mass is 550 g/mol. The summed E-state index contributed by atoms with van der Waals surface area (Å²) in [6, 6.07) is 7.96. The smallest absolute Gasteiger partial charge is 0.146 e. The van der Waals surface area contributed by atoms with Gasteiger partial charge in [0, 0.05) is 0 Å². The molecule has 0 radical (unpaired) electrons. The van der Waals surface area contributed by atoms with Gasteiger partial charge < -0.3 is 9.47 Å². The third-order valence-electron chi connectivity index (χ3n) is 7.08. The van der Waals surface area contributed by atoms with Crippen LogP contribution >= 0.6 is 22.6 Å². The molecule has 0 spiro atoms. The van der Waals surface area contributed by atoms with Crippen molar-refractivity contribution in [1.82, 2.24) is 0 Å². The molecule has 1 aromatic carbocycles. The summed E-state index contributed by atoms with van der Waals surface area (Å²) in [7, 11) is 1.67. The summed E-state index contributed by atoms with van der Waals surface area (Å²) in [6.45, 7) is 10.1. The number of ether oxygens (including phenoxy) is 2. The fourth-order valence-electron chi connectivity index (χ4n) is 4.44. The van der Waals surface area contributed by atoms with Gasteiger partial charge >= 0.3 is 0 Å². The lowest BCUT2D eigenvalue weighted by molar-refractivity contribution is -0.105. The molecule has 1 aliphatic carbocycles. The molecule has 0 heterocycles. The summed E-state index contributed by atoms with van der Waals surface area (Å²) < 4.78 is 13.5. The number of carbonyl (C=O) groups is 1. The number of hydrogen-bond acceptors (Lipinski definition) is 3. The highest BCUT2D eigenvalue weighted by Crippen LogP contribution is 2.48. The van der Waals surface area contributed by atoms with E-state index in [0.29, 0.717) is 19.1 Å². The normalized spacial score (nSPS) is 22.2. The van der Waals surface area contributed by atoms with Crippen LogP contribution in [0.2, 0.25) is 0 Å². The quantitative estimate of drug-likeness (QED) is 0.150. The Labute approximate surface area is 208 Å². The predicted molar refractivity (Wildman–Crippen MR) is 142 cm³/mol. The van der Waals surface area contributed by atoms with Gasteiger partial charge in [0.15, 0.2) is 0 Å². The molecule has 0 bridgehead atoms. The van der Waals surface area contributed by atoms with Crippen LogP contribution in [0.1, 0.15) is 71.8 Å². The van der Waals surface area contributed by atoms with Crippen molar-refractivity contribution >= 4 is 28.9 Å². The molecule has 0 fully saturated rings. The number of benzene rings is 1. The Morgan fingerprint density at radius 2 is 1.88 bits per heavy atom. The van der Waals surface area contributed by atoms with Crippen molar-refractivity contribution in [2.24, 2.45) is 11.3 Å². The highest BCUT2D eigenvalue weighted by molar-refractivity contribution is 14.1. The van der Waals surface area contributed by atoms with Gasteiger partial charge in [-0.2, -0.15) is 0 Å². The van der Waals surface area contributed by atoms with E-state index in [4.69, 9.17) is 9.47 Å². The number of methoxy groups -OCH3 is 1. The van der Waals surface area contributed by atoms with Crippen LogP contribution in [0, 0.1) is 11.3 Å². The molecule has 1 aliphatic rings. The van der Waals surface area contributed by atoms with Gasteiger partial charge in [0.25, 0.3) is 0 Å². The number of rotatable bonds is 12. The zero-order valence-corrected chi connectivity index (χ0v) is 22.5. The molecule has 1 aromatic rings. The maximum absolute atomic E-state index is 11.9. The zero-order valence-electron chi connectivity index (χ0n) is 20.4. The summed E-state index contributed by atoms with van der Waals surface area (Å²) in [4.78, 5) is 11.9. The minimum Gasteiger partial charge on any atom is -0.497 e. The summed E-state index contributed by atoms with van der Waals surface area (Å²) in [6.07, 6.45) is 9.69.